The SMILES string of the molecule is CON1C(C)(C)CC(NC(=O)C/C=C/[C@@H](N)CC(C)C)CC1(C)C. The number of hydroxylamine groups is 2. The Morgan fingerprint density at radius 3 is 2.29 bits per heavy atom. The molecule has 1 heterocycles. The van der Waals surface area contributed by atoms with Crippen LogP contribution in [0.5, 0.6) is 0 Å². The monoisotopic (exact) mass is 339 g/mol. The summed E-state index contributed by atoms with van der Waals surface area (Å²) in [6, 6.07) is 0.187. The largest absolute Gasteiger partial charge is 0.353 e. The molecule has 140 valence electrons. The molecule has 1 amide bonds. The molecule has 0 bridgehead atoms. The fourth-order valence-electron chi connectivity index (χ4n) is 4.12. The van der Waals surface area contributed by atoms with Gasteiger partial charge in [0.2, 0.25) is 5.91 Å². The van der Waals surface area contributed by atoms with Gasteiger partial charge in [-0.05, 0) is 52.9 Å². The lowest BCUT2D eigenvalue weighted by Crippen LogP contribution is -2.63. The molecule has 0 unspecified atom stereocenters. The molecule has 0 aromatic heterocycles. The highest BCUT2D eigenvalue weighted by molar-refractivity contribution is 5.77. The molecule has 0 radical (unpaired) electrons. The van der Waals surface area contributed by atoms with E-state index in [1.807, 2.05) is 17.2 Å². The third-order valence-electron chi connectivity index (χ3n) is 4.57. The Bertz CT molecular complexity index is 426. The first kappa shape index (κ1) is 21.1. The van der Waals surface area contributed by atoms with Crippen LogP contribution in [0.2, 0.25) is 0 Å². The first-order chi connectivity index (χ1) is 11.0. The van der Waals surface area contributed by atoms with Gasteiger partial charge >= 0.3 is 0 Å². The summed E-state index contributed by atoms with van der Waals surface area (Å²) in [5.41, 5.74) is 5.77. The summed E-state index contributed by atoms with van der Waals surface area (Å²) in [4.78, 5) is 17.8. The van der Waals surface area contributed by atoms with Crippen LogP contribution in [0.4, 0.5) is 0 Å². The van der Waals surface area contributed by atoms with Crippen molar-refractivity contribution in [2.75, 3.05) is 7.11 Å². The molecule has 0 aliphatic carbocycles. The maximum Gasteiger partial charge on any atom is 0.224 e. The lowest BCUT2D eigenvalue weighted by atomic mass is 9.79. The van der Waals surface area contributed by atoms with E-state index in [1.165, 1.54) is 0 Å². The summed E-state index contributed by atoms with van der Waals surface area (Å²) in [6.07, 6.45) is 6.90. The van der Waals surface area contributed by atoms with E-state index in [2.05, 4.69) is 46.9 Å². The molecule has 5 heteroatoms. The van der Waals surface area contributed by atoms with Gasteiger partial charge < -0.3 is 15.9 Å². The molecule has 3 N–H and O–H groups in total. The number of hydrogen-bond acceptors (Lipinski definition) is 4. The number of hydrogen-bond donors (Lipinski definition) is 2. The van der Waals surface area contributed by atoms with Crippen LogP contribution in [0.25, 0.3) is 0 Å². The molecule has 0 spiro atoms. The molecule has 0 aromatic carbocycles. The summed E-state index contributed by atoms with van der Waals surface area (Å²) in [6.45, 7) is 12.9. The highest BCUT2D eigenvalue weighted by Gasteiger charge is 2.46. The summed E-state index contributed by atoms with van der Waals surface area (Å²) < 4.78 is 0. The summed E-state index contributed by atoms with van der Waals surface area (Å²) >= 11 is 0. The number of carbonyl (C=O) groups excluding carboxylic acids is 1. The number of nitrogens with two attached hydrogens (primary N) is 1. The van der Waals surface area contributed by atoms with Gasteiger partial charge in [0, 0.05) is 29.6 Å². The molecule has 0 aromatic rings. The molecule has 1 saturated heterocycles. The van der Waals surface area contributed by atoms with Crippen LogP contribution in [0, 0.1) is 5.92 Å². The predicted molar refractivity (Wildman–Crippen MR) is 99.4 cm³/mol. The van der Waals surface area contributed by atoms with Crippen LogP contribution in [-0.2, 0) is 9.63 Å². The van der Waals surface area contributed by atoms with Gasteiger partial charge in [-0.1, -0.05) is 26.0 Å². The molecule has 1 fully saturated rings. The quantitative estimate of drug-likeness (QED) is 0.700. The Kier molecular flexibility index (Phi) is 7.44. The fraction of sp³-hybridized carbons (Fsp3) is 0.842. The van der Waals surface area contributed by atoms with Crippen LogP contribution < -0.4 is 11.1 Å². The first-order valence-electron chi connectivity index (χ1n) is 9.04. The molecule has 1 rings (SSSR count). The average molecular weight is 340 g/mol. The smallest absolute Gasteiger partial charge is 0.224 e. The van der Waals surface area contributed by atoms with Crippen LogP contribution in [0.1, 0.15) is 67.2 Å². The fourth-order valence-corrected chi connectivity index (χ4v) is 4.12. The zero-order valence-corrected chi connectivity index (χ0v) is 16.6. The zero-order chi connectivity index (χ0) is 18.5. The molecule has 0 saturated carbocycles. The van der Waals surface area contributed by atoms with E-state index in [9.17, 15) is 4.79 Å². The van der Waals surface area contributed by atoms with Gasteiger partial charge in [0.1, 0.15) is 0 Å². The minimum Gasteiger partial charge on any atom is -0.353 e. The van der Waals surface area contributed by atoms with Crippen molar-refractivity contribution in [1.82, 2.24) is 10.4 Å². The van der Waals surface area contributed by atoms with Crippen LogP contribution in [-0.4, -0.2) is 41.2 Å². The van der Waals surface area contributed by atoms with E-state index in [4.69, 9.17) is 10.6 Å². The summed E-state index contributed by atoms with van der Waals surface area (Å²) in [5, 5.41) is 5.23. The van der Waals surface area contributed by atoms with Crippen molar-refractivity contribution in [1.29, 1.82) is 0 Å². The second-order valence-electron chi connectivity index (χ2n) is 8.70. The first-order valence-corrected chi connectivity index (χ1v) is 9.04. The van der Waals surface area contributed by atoms with Crippen LogP contribution in [0.3, 0.4) is 0 Å². The standard InChI is InChI=1S/C19H37N3O2/c1-14(2)11-15(20)9-8-10-17(23)21-16-12-18(3,4)22(24-7)19(5,6)13-16/h8-9,14-16H,10-13,20H2,1-7H3,(H,21,23)/b9-8+/t15-/m1/s1. The van der Waals surface area contributed by atoms with Crippen molar-refractivity contribution in [3.8, 4) is 0 Å². The Morgan fingerprint density at radius 2 is 1.83 bits per heavy atom. The van der Waals surface area contributed by atoms with E-state index >= 15 is 0 Å². The molecule has 1 atom stereocenters. The minimum absolute atomic E-state index is 0.0283. The van der Waals surface area contributed by atoms with E-state index in [-0.39, 0.29) is 29.1 Å². The van der Waals surface area contributed by atoms with E-state index < -0.39 is 0 Å². The van der Waals surface area contributed by atoms with Gasteiger partial charge in [-0.25, -0.2) is 0 Å². The molecule has 24 heavy (non-hydrogen) atoms. The van der Waals surface area contributed by atoms with Crippen LogP contribution in [0.15, 0.2) is 12.2 Å². The van der Waals surface area contributed by atoms with Crippen molar-refractivity contribution < 1.29 is 9.63 Å². The Labute approximate surface area is 147 Å². The summed E-state index contributed by atoms with van der Waals surface area (Å²) in [7, 11) is 1.72. The van der Waals surface area contributed by atoms with Crippen molar-refractivity contribution in [3.05, 3.63) is 12.2 Å². The topological polar surface area (TPSA) is 67.6 Å². The van der Waals surface area contributed by atoms with Gasteiger partial charge in [-0.2, -0.15) is 5.06 Å². The number of amides is 1. The summed E-state index contributed by atoms with van der Waals surface area (Å²) in [5.74, 6) is 0.624. The average Bonchev–Trinajstić information content (AvgIpc) is 2.34. The normalized spacial score (nSPS) is 22.9. The molecule has 1 aliphatic rings. The lowest BCUT2D eigenvalue weighted by Gasteiger charge is -2.53. The van der Waals surface area contributed by atoms with Gasteiger partial charge in [-0.3, -0.25) is 4.79 Å². The van der Waals surface area contributed by atoms with Crippen molar-refractivity contribution in [2.24, 2.45) is 11.7 Å². The number of piperidine rings is 1. The molecule has 5 nitrogen and oxygen atoms in total. The van der Waals surface area contributed by atoms with Crippen molar-refractivity contribution in [2.45, 2.75) is 90.4 Å². The van der Waals surface area contributed by atoms with Gasteiger partial charge in [0.15, 0.2) is 0 Å². The third kappa shape index (κ3) is 6.19. The Hall–Kier alpha value is -0.910. The minimum atomic E-state index is -0.121. The highest BCUT2D eigenvalue weighted by atomic mass is 16.7. The number of nitrogens with zero attached hydrogens (tertiary/aromatic N) is 1. The number of carbonyl (C=O) groups is 1. The van der Waals surface area contributed by atoms with Crippen molar-refractivity contribution >= 4 is 5.91 Å². The van der Waals surface area contributed by atoms with Gasteiger partial charge in [-0.15, -0.1) is 0 Å². The molecular formula is C19H37N3O2. The molecular weight excluding hydrogens is 302 g/mol. The predicted octanol–water partition coefficient (Wildman–Crippen LogP) is 3.01. The van der Waals surface area contributed by atoms with Gasteiger partial charge in [0.25, 0.3) is 0 Å². The second-order valence-corrected chi connectivity index (χ2v) is 8.70. The maximum absolute atomic E-state index is 12.2. The lowest BCUT2D eigenvalue weighted by molar-refractivity contribution is -0.267. The Balaban J connectivity index is 2.54. The van der Waals surface area contributed by atoms with E-state index in [1.54, 1.807) is 7.11 Å². The van der Waals surface area contributed by atoms with E-state index in [0.29, 0.717) is 12.3 Å². The Morgan fingerprint density at radius 1 is 1.29 bits per heavy atom. The third-order valence-corrected chi connectivity index (χ3v) is 4.57. The number of nitrogens with one attached hydrogen (secondary N) is 1. The highest BCUT2D eigenvalue weighted by Crippen LogP contribution is 2.38. The van der Waals surface area contributed by atoms with Crippen molar-refractivity contribution in [3.63, 3.8) is 0 Å². The maximum atomic E-state index is 12.2. The zero-order valence-electron chi connectivity index (χ0n) is 16.6. The van der Waals surface area contributed by atoms with Crippen LogP contribution >= 0.6 is 0 Å². The van der Waals surface area contributed by atoms with Gasteiger partial charge in [0.05, 0.1) is 7.11 Å². The number of rotatable bonds is 7. The van der Waals surface area contributed by atoms with E-state index in [0.717, 1.165) is 19.3 Å². The molecule has 1 aliphatic heterocycles. The second kappa shape index (κ2) is 8.45.